The fourth-order valence-electron chi connectivity index (χ4n) is 2.73. The highest BCUT2D eigenvalue weighted by atomic mass is 15.3. The Morgan fingerprint density at radius 1 is 1.20 bits per heavy atom. The van der Waals surface area contributed by atoms with Gasteiger partial charge in [-0.25, -0.2) is 4.98 Å². The highest BCUT2D eigenvalue weighted by Crippen LogP contribution is 2.25. The zero-order valence-corrected chi connectivity index (χ0v) is 12.4. The number of hydrogen-bond donors (Lipinski definition) is 1. The second-order valence-corrected chi connectivity index (χ2v) is 5.68. The van der Waals surface area contributed by atoms with E-state index in [9.17, 15) is 0 Å². The van der Waals surface area contributed by atoms with Crippen molar-refractivity contribution in [3.05, 3.63) is 36.0 Å². The quantitative estimate of drug-likeness (QED) is 0.910. The molecule has 3 rings (SSSR count). The minimum atomic E-state index is 0.569. The molecule has 1 aromatic carbocycles. The number of likely N-dealkylation sites (N-methyl/N-ethyl adjacent to an activating group) is 1. The van der Waals surface area contributed by atoms with Gasteiger partial charge in [0.25, 0.3) is 0 Å². The van der Waals surface area contributed by atoms with Gasteiger partial charge in [0.15, 0.2) is 0 Å². The van der Waals surface area contributed by atoms with Crippen LogP contribution in [0.1, 0.15) is 12.6 Å². The van der Waals surface area contributed by atoms with E-state index in [0.717, 1.165) is 42.5 Å². The lowest BCUT2D eigenvalue weighted by atomic mass is 10.2. The second kappa shape index (κ2) is 5.29. The number of nitrogens with zero attached hydrogens (tertiary/aromatic N) is 3. The van der Waals surface area contributed by atoms with Crippen LogP contribution in [0.4, 0.5) is 5.82 Å². The Hall–Kier alpha value is -1.81. The van der Waals surface area contributed by atoms with E-state index in [1.54, 1.807) is 0 Å². The van der Waals surface area contributed by atoms with Gasteiger partial charge in [0.05, 0.1) is 5.69 Å². The molecule has 1 saturated heterocycles. The first-order valence-electron chi connectivity index (χ1n) is 7.22. The molecule has 1 unspecified atom stereocenters. The first-order valence-corrected chi connectivity index (χ1v) is 7.22. The summed E-state index contributed by atoms with van der Waals surface area (Å²) in [5.41, 5.74) is 2.30. The molecular formula is C16H22N4. The lowest BCUT2D eigenvalue weighted by Gasteiger charge is -2.38. The first-order chi connectivity index (χ1) is 9.65. The topological polar surface area (TPSA) is 35.2 Å². The maximum atomic E-state index is 4.82. The predicted molar refractivity (Wildman–Crippen MR) is 83.1 cm³/mol. The minimum absolute atomic E-state index is 0.569. The Balaban J connectivity index is 1.86. The molecule has 1 N–H and O–H groups in total. The molecule has 0 aliphatic carbocycles. The number of aryl methyl sites for hydroxylation is 1. The fraction of sp³-hybridized carbons (Fsp3) is 0.438. The number of H-pyrrole nitrogens is 1. The maximum Gasteiger partial charge on any atom is 0.150 e. The van der Waals surface area contributed by atoms with Crippen LogP contribution >= 0.6 is 0 Å². The normalized spacial score (nSPS) is 20.4. The van der Waals surface area contributed by atoms with Crippen molar-refractivity contribution in [2.24, 2.45) is 0 Å². The molecule has 2 aromatic rings. The molecule has 4 heteroatoms. The smallest absolute Gasteiger partial charge is 0.150 e. The van der Waals surface area contributed by atoms with Gasteiger partial charge in [-0.2, -0.15) is 0 Å². The fourth-order valence-corrected chi connectivity index (χ4v) is 2.73. The Kier molecular flexibility index (Phi) is 3.49. The maximum absolute atomic E-state index is 4.82. The van der Waals surface area contributed by atoms with E-state index in [1.165, 1.54) is 0 Å². The van der Waals surface area contributed by atoms with Gasteiger partial charge in [0.1, 0.15) is 11.6 Å². The summed E-state index contributed by atoms with van der Waals surface area (Å²) in [5.74, 6) is 2.06. The van der Waals surface area contributed by atoms with Crippen molar-refractivity contribution in [3.63, 3.8) is 0 Å². The van der Waals surface area contributed by atoms with Gasteiger partial charge in [0.2, 0.25) is 0 Å². The second-order valence-electron chi connectivity index (χ2n) is 5.68. The Bertz CT molecular complexity index is 575. The summed E-state index contributed by atoms with van der Waals surface area (Å²) >= 11 is 0. The molecule has 0 bridgehead atoms. The Morgan fingerprint density at radius 2 is 1.95 bits per heavy atom. The van der Waals surface area contributed by atoms with Crippen molar-refractivity contribution < 1.29 is 0 Å². The summed E-state index contributed by atoms with van der Waals surface area (Å²) in [6.45, 7) is 7.55. The molecule has 0 saturated carbocycles. The molecular weight excluding hydrogens is 248 g/mol. The molecule has 4 nitrogen and oxygen atoms in total. The average Bonchev–Trinajstić information content (AvgIpc) is 2.85. The van der Waals surface area contributed by atoms with Gasteiger partial charge >= 0.3 is 0 Å². The molecule has 1 aliphatic heterocycles. The molecule has 1 fully saturated rings. The molecule has 106 valence electrons. The molecule has 1 aromatic heterocycles. The van der Waals surface area contributed by atoms with Crippen molar-refractivity contribution in [2.45, 2.75) is 19.9 Å². The third-order valence-corrected chi connectivity index (χ3v) is 4.17. The molecule has 20 heavy (non-hydrogen) atoms. The van der Waals surface area contributed by atoms with Crippen LogP contribution < -0.4 is 4.90 Å². The SMILES string of the molecule is Cc1[nH]c(-c2ccccc2)nc1N1CCN(C)C(C)C1. The average molecular weight is 270 g/mol. The van der Waals surface area contributed by atoms with Crippen LogP contribution in [0.25, 0.3) is 11.4 Å². The van der Waals surface area contributed by atoms with Gasteiger partial charge in [-0.05, 0) is 20.9 Å². The van der Waals surface area contributed by atoms with E-state index < -0.39 is 0 Å². The predicted octanol–water partition coefficient (Wildman–Crippen LogP) is 2.53. The number of piperazine rings is 1. The zero-order chi connectivity index (χ0) is 14.1. The van der Waals surface area contributed by atoms with E-state index in [1.807, 2.05) is 18.2 Å². The molecule has 0 amide bonds. The number of nitrogens with one attached hydrogen (secondary N) is 1. The zero-order valence-electron chi connectivity index (χ0n) is 12.4. The molecule has 1 aliphatic rings. The summed E-state index contributed by atoms with van der Waals surface area (Å²) in [5, 5.41) is 0. The first kappa shape index (κ1) is 13.2. The molecule has 0 spiro atoms. The van der Waals surface area contributed by atoms with Crippen LogP contribution in [0.2, 0.25) is 0 Å². The number of rotatable bonds is 2. The number of aromatic amines is 1. The number of imidazole rings is 1. The standard InChI is InChI=1S/C16H22N4/c1-12-11-20(10-9-19(12)3)16-13(2)17-15(18-16)14-7-5-4-6-8-14/h4-8,12H,9-11H2,1-3H3,(H,17,18). The van der Waals surface area contributed by atoms with Crippen molar-refractivity contribution >= 4 is 5.82 Å². The summed E-state index contributed by atoms with van der Waals surface area (Å²) < 4.78 is 0. The van der Waals surface area contributed by atoms with E-state index in [0.29, 0.717) is 6.04 Å². The molecule has 0 radical (unpaired) electrons. The van der Waals surface area contributed by atoms with Crippen molar-refractivity contribution in [1.29, 1.82) is 0 Å². The highest BCUT2D eigenvalue weighted by Gasteiger charge is 2.23. The van der Waals surface area contributed by atoms with E-state index >= 15 is 0 Å². The number of benzene rings is 1. The van der Waals surface area contributed by atoms with Gasteiger partial charge in [-0.3, -0.25) is 0 Å². The number of anilines is 1. The summed E-state index contributed by atoms with van der Waals surface area (Å²) in [6.07, 6.45) is 0. The lowest BCUT2D eigenvalue weighted by molar-refractivity contribution is 0.233. The highest BCUT2D eigenvalue weighted by molar-refractivity contribution is 5.60. The van der Waals surface area contributed by atoms with Crippen LogP contribution in [0.15, 0.2) is 30.3 Å². The van der Waals surface area contributed by atoms with Crippen molar-refractivity contribution in [1.82, 2.24) is 14.9 Å². The third kappa shape index (κ3) is 2.43. The van der Waals surface area contributed by atoms with Gasteiger partial charge < -0.3 is 14.8 Å². The Morgan fingerprint density at radius 3 is 2.65 bits per heavy atom. The van der Waals surface area contributed by atoms with Gasteiger partial charge in [-0.1, -0.05) is 30.3 Å². The lowest BCUT2D eigenvalue weighted by Crippen LogP contribution is -2.50. The van der Waals surface area contributed by atoms with Crippen LogP contribution in [-0.4, -0.2) is 47.6 Å². The summed E-state index contributed by atoms with van der Waals surface area (Å²) in [4.78, 5) is 13.0. The van der Waals surface area contributed by atoms with Crippen LogP contribution in [0, 0.1) is 6.92 Å². The van der Waals surface area contributed by atoms with Gasteiger partial charge in [-0.15, -0.1) is 0 Å². The molecule has 2 heterocycles. The summed E-state index contributed by atoms with van der Waals surface area (Å²) in [6, 6.07) is 10.9. The van der Waals surface area contributed by atoms with Crippen LogP contribution in [0.3, 0.4) is 0 Å². The monoisotopic (exact) mass is 270 g/mol. The minimum Gasteiger partial charge on any atom is -0.352 e. The van der Waals surface area contributed by atoms with E-state index in [-0.39, 0.29) is 0 Å². The largest absolute Gasteiger partial charge is 0.352 e. The van der Waals surface area contributed by atoms with Gasteiger partial charge in [0, 0.05) is 31.2 Å². The van der Waals surface area contributed by atoms with Crippen LogP contribution in [-0.2, 0) is 0 Å². The Labute approximate surface area is 120 Å². The van der Waals surface area contributed by atoms with E-state index in [4.69, 9.17) is 4.98 Å². The number of hydrogen-bond acceptors (Lipinski definition) is 3. The molecule has 1 atom stereocenters. The third-order valence-electron chi connectivity index (χ3n) is 4.17. The van der Waals surface area contributed by atoms with Crippen molar-refractivity contribution in [3.8, 4) is 11.4 Å². The summed E-state index contributed by atoms with van der Waals surface area (Å²) in [7, 11) is 2.19. The van der Waals surface area contributed by atoms with E-state index in [2.05, 4.69) is 47.8 Å². The van der Waals surface area contributed by atoms with Crippen molar-refractivity contribution in [2.75, 3.05) is 31.6 Å². The van der Waals surface area contributed by atoms with Crippen LogP contribution in [0.5, 0.6) is 0 Å². The number of aromatic nitrogens is 2.